The van der Waals surface area contributed by atoms with Gasteiger partial charge in [-0.2, -0.15) is 0 Å². The van der Waals surface area contributed by atoms with Crippen molar-refractivity contribution in [3.05, 3.63) is 28.8 Å². The Morgan fingerprint density at radius 1 is 1.36 bits per heavy atom. The van der Waals surface area contributed by atoms with Gasteiger partial charge in [-0.15, -0.1) is 0 Å². The molecule has 22 heavy (non-hydrogen) atoms. The molecule has 1 aromatic carbocycles. The minimum absolute atomic E-state index is 0.341. The van der Waals surface area contributed by atoms with Gasteiger partial charge in [0.15, 0.2) is 0 Å². The Bertz CT molecular complexity index is 603. The van der Waals surface area contributed by atoms with Gasteiger partial charge in [0.2, 0.25) is 0 Å². The maximum atomic E-state index is 11.9. The second-order valence-electron chi connectivity index (χ2n) is 6.69. The van der Waals surface area contributed by atoms with E-state index in [4.69, 9.17) is 16.3 Å². The van der Waals surface area contributed by atoms with Crippen LogP contribution >= 0.6 is 11.6 Å². The first-order valence-corrected chi connectivity index (χ1v) is 7.51. The molecule has 0 radical (unpaired) electrons. The number of anilines is 1. The third kappa shape index (κ3) is 4.13. The molecule has 0 aromatic heterocycles. The summed E-state index contributed by atoms with van der Waals surface area (Å²) in [5.74, 6) is -0.810. The molecule has 2 rings (SSSR count). The van der Waals surface area contributed by atoms with Gasteiger partial charge in [-0.25, -0.2) is 4.79 Å². The average molecular weight is 326 g/mol. The van der Waals surface area contributed by atoms with E-state index in [2.05, 4.69) is 5.32 Å². The van der Waals surface area contributed by atoms with Crippen LogP contribution in [0.3, 0.4) is 0 Å². The highest BCUT2D eigenvalue weighted by Gasteiger charge is 2.50. The summed E-state index contributed by atoms with van der Waals surface area (Å²) in [6.45, 7) is 5.33. The third-order valence-corrected chi connectivity index (χ3v) is 3.77. The van der Waals surface area contributed by atoms with Gasteiger partial charge in [0.25, 0.3) is 0 Å². The van der Waals surface area contributed by atoms with Crippen molar-refractivity contribution >= 4 is 29.4 Å². The second-order valence-corrected chi connectivity index (χ2v) is 7.13. The monoisotopic (exact) mass is 325 g/mol. The molecule has 2 N–H and O–H groups in total. The predicted molar refractivity (Wildman–Crippen MR) is 84.3 cm³/mol. The minimum atomic E-state index is -0.810. The standard InChI is InChI=1S/C16H20ClNO4/c1-15(2,3)22-14(21)18-12-5-4-11(17)8-10(12)9-16(6-7-16)13(19)20/h4-5,8H,6-7,9H2,1-3H3,(H,18,21)(H,19,20). The molecule has 6 heteroatoms. The van der Waals surface area contributed by atoms with E-state index in [9.17, 15) is 14.7 Å². The van der Waals surface area contributed by atoms with Crippen LogP contribution in [0.15, 0.2) is 18.2 Å². The third-order valence-electron chi connectivity index (χ3n) is 3.54. The summed E-state index contributed by atoms with van der Waals surface area (Å²) in [6, 6.07) is 5.01. The first-order valence-electron chi connectivity index (χ1n) is 7.13. The number of hydrogen-bond donors (Lipinski definition) is 2. The Balaban J connectivity index is 2.18. The molecule has 1 saturated carbocycles. The summed E-state index contributed by atoms with van der Waals surface area (Å²) in [4.78, 5) is 23.2. The van der Waals surface area contributed by atoms with E-state index in [0.29, 0.717) is 35.5 Å². The summed E-state index contributed by atoms with van der Waals surface area (Å²) in [6.07, 6.45) is 1.05. The van der Waals surface area contributed by atoms with Crippen molar-refractivity contribution in [2.24, 2.45) is 5.41 Å². The number of ether oxygens (including phenoxy) is 1. The highest BCUT2D eigenvalue weighted by Crippen LogP contribution is 2.49. The lowest BCUT2D eigenvalue weighted by molar-refractivity contribution is -0.143. The van der Waals surface area contributed by atoms with Gasteiger partial charge in [-0.3, -0.25) is 10.1 Å². The molecule has 1 aliphatic rings. The van der Waals surface area contributed by atoms with Crippen LogP contribution in [-0.4, -0.2) is 22.8 Å². The minimum Gasteiger partial charge on any atom is -0.481 e. The highest BCUT2D eigenvalue weighted by atomic mass is 35.5. The fourth-order valence-electron chi connectivity index (χ4n) is 2.23. The molecule has 0 unspecified atom stereocenters. The van der Waals surface area contributed by atoms with Gasteiger partial charge in [0.05, 0.1) is 5.41 Å². The molecule has 0 aliphatic heterocycles. The van der Waals surface area contributed by atoms with E-state index in [1.807, 2.05) is 0 Å². The number of carbonyl (C=O) groups is 2. The Labute approximate surface area is 134 Å². The number of nitrogens with one attached hydrogen (secondary N) is 1. The zero-order chi connectivity index (χ0) is 16.5. The molecule has 0 atom stereocenters. The van der Waals surface area contributed by atoms with Crippen molar-refractivity contribution in [1.82, 2.24) is 0 Å². The number of amides is 1. The van der Waals surface area contributed by atoms with E-state index < -0.39 is 23.1 Å². The fourth-order valence-corrected chi connectivity index (χ4v) is 2.42. The Kier molecular flexibility index (Phi) is 4.38. The number of rotatable bonds is 4. The molecule has 1 fully saturated rings. The largest absolute Gasteiger partial charge is 0.481 e. The number of aliphatic carboxylic acids is 1. The Morgan fingerprint density at radius 2 is 2.00 bits per heavy atom. The van der Waals surface area contributed by atoms with Crippen molar-refractivity contribution < 1.29 is 19.4 Å². The van der Waals surface area contributed by atoms with Crippen LogP contribution in [0.1, 0.15) is 39.2 Å². The van der Waals surface area contributed by atoms with Gasteiger partial charge < -0.3 is 9.84 Å². The first-order chi connectivity index (χ1) is 10.1. The number of carbonyl (C=O) groups excluding carboxylic acids is 1. The smallest absolute Gasteiger partial charge is 0.412 e. The average Bonchev–Trinajstić information content (AvgIpc) is 3.11. The van der Waals surface area contributed by atoms with Crippen molar-refractivity contribution in [1.29, 1.82) is 0 Å². The van der Waals surface area contributed by atoms with Crippen molar-refractivity contribution in [3.63, 3.8) is 0 Å². The Hall–Kier alpha value is -1.75. The van der Waals surface area contributed by atoms with E-state index in [1.165, 1.54) is 0 Å². The first kappa shape index (κ1) is 16.6. The summed E-state index contributed by atoms with van der Waals surface area (Å²) in [7, 11) is 0. The lowest BCUT2D eigenvalue weighted by Crippen LogP contribution is -2.28. The molecule has 0 saturated heterocycles. The van der Waals surface area contributed by atoms with Gasteiger partial charge in [-0.1, -0.05) is 11.6 Å². The van der Waals surface area contributed by atoms with Crippen LogP contribution in [0.4, 0.5) is 10.5 Å². The topological polar surface area (TPSA) is 75.6 Å². The van der Waals surface area contributed by atoms with Gasteiger partial charge in [-0.05, 0) is 63.8 Å². The zero-order valence-electron chi connectivity index (χ0n) is 12.9. The maximum absolute atomic E-state index is 11.9. The number of hydrogen-bond acceptors (Lipinski definition) is 3. The summed E-state index contributed by atoms with van der Waals surface area (Å²) >= 11 is 6.00. The fraction of sp³-hybridized carbons (Fsp3) is 0.500. The van der Waals surface area contributed by atoms with Crippen LogP contribution in [0, 0.1) is 5.41 Å². The van der Waals surface area contributed by atoms with Gasteiger partial charge in [0.1, 0.15) is 5.60 Å². The number of carboxylic acid groups (broad SMARTS) is 1. The maximum Gasteiger partial charge on any atom is 0.412 e. The van der Waals surface area contributed by atoms with Crippen molar-refractivity contribution in [2.45, 2.75) is 45.6 Å². The van der Waals surface area contributed by atoms with Crippen molar-refractivity contribution in [3.8, 4) is 0 Å². The lowest BCUT2D eigenvalue weighted by atomic mass is 9.95. The zero-order valence-corrected chi connectivity index (χ0v) is 13.7. The molecule has 0 spiro atoms. The van der Waals surface area contributed by atoms with Crippen molar-refractivity contribution in [2.75, 3.05) is 5.32 Å². The Morgan fingerprint density at radius 3 is 2.50 bits per heavy atom. The summed E-state index contributed by atoms with van der Waals surface area (Å²) in [5.41, 5.74) is -0.0887. The van der Waals surface area contributed by atoms with E-state index in [1.54, 1.807) is 39.0 Å². The molecular formula is C16H20ClNO4. The van der Waals surface area contributed by atoms with E-state index in [-0.39, 0.29) is 0 Å². The molecule has 0 bridgehead atoms. The molecule has 120 valence electrons. The molecular weight excluding hydrogens is 306 g/mol. The normalized spacial score (nSPS) is 16.0. The molecule has 1 aliphatic carbocycles. The number of carboxylic acids is 1. The van der Waals surface area contributed by atoms with Crippen LogP contribution < -0.4 is 5.32 Å². The summed E-state index contributed by atoms with van der Waals surface area (Å²) in [5, 5.41) is 12.5. The lowest BCUT2D eigenvalue weighted by Gasteiger charge is -2.21. The summed E-state index contributed by atoms with van der Waals surface area (Å²) < 4.78 is 5.22. The predicted octanol–water partition coefficient (Wildman–Crippen LogP) is 4.09. The molecule has 5 nitrogen and oxygen atoms in total. The highest BCUT2D eigenvalue weighted by molar-refractivity contribution is 6.30. The van der Waals surface area contributed by atoms with Crippen LogP contribution in [0.5, 0.6) is 0 Å². The molecule has 1 amide bonds. The van der Waals surface area contributed by atoms with E-state index in [0.717, 1.165) is 0 Å². The number of benzene rings is 1. The molecule has 1 aromatic rings. The van der Waals surface area contributed by atoms with E-state index >= 15 is 0 Å². The number of halogens is 1. The van der Waals surface area contributed by atoms with Gasteiger partial charge >= 0.3 is 12.1 Å². The molecule has 0 heterocycles. The quantitative estimate of drug-likeness (QED) is 0.874. The van der Waals surface area contributed by atoms with Crippen LogP contribution in [0.25, 0.3) is 0 Å². The van der Waals surface area contributed by atoms with Crippen LogP contribution in [0.2, 0.25) is 5.02 Å². The van der Waals surface area contributed by atoms with Gasteiger partial charge in [0, 0.05) is 10.7 Å². The SMILES string of the molecule is CC(C)(C)OC(=O)Nc1ccc(Cl)cc1CC1(C(=O)O)CC1. The van der Waals surface area contributed by atoms with Crippen LogP contribution in [-0.2, 0) is 16.0 Å². The second kappa shape index (κ2) is 5.80.